The van der Waals surface area contributed by atoms with Crippen molar-refractivity contribution in [3.8, 4) is 0 Å². The Balaban J connectivity index is 1.77. The van der Waals surface area contributed by atoms with Gasteiger partial charge in [0.1, 0.15) is 4.75 Å². The summed E-state index contributed by atoms with van der Waals surface area (Å²) in [5, 5.41) is 9.78. The molecule has 2 nitrogen and oxygen atoms in total. The Morgan fingerprint density at radius 1 is 1.10 bits per heavy atom. The van der Waals surface area contributed by atoms with E-state index in [0.29, 0.717) is 5.41 Å². The van der Waals surface area contributed by atoms with Gasteiger partial charge in [0, 0.05) is 9.37 Å². The highest BCUT2D eigenvalue weighted by atomic mass is 79.9. The standard InChI is InChI=1S/C17H21BrO2S/c18-13-7-3-4-8-14(13)21-17(15(19)20)11-16(12-17)9-5-1-2-6-10-16/h3-4,7-8H,1-2,5-6,9-12H2,(H,19,20). The fourth-order valence-corrected chi connectivity index (χ4v) is 6.10. The van der Waals surface area contributed by atoms with Gasteiger partial charge in [0.15, 0.2) is 0 Å². The van der Waals surface area contributed by atoms with Gasteiger partial charge in [-0.05, 0) is 59.2 Å². The van der Waals surface area contributed by atoms with E-state index in [9.17, 15) is 9.90 Å². The Bertz CT molecular complexity index is 527. The van der Waals surface area contributed by atoms with Gasteiger partial charge in [0.05, 0.1) is 0 Å². The molecular formula is C17H21BrO2S. The fraction of sp³-hybridized carbons (Fsp3) is 0.588. The second kappa shape index (κ2) is 5.96. The second-order valence-corrected chi connectivity index (χ2v) is 8.88. The minimum Gasteiger partial charge on any atom is -0.480 e. The lowest BCUT2D eigenvalue weighted by atomic mass is 9.58. The summed E-state index contributed by atoms with van der Waals surface area (Å²) < 4.78 is 0.381. The van der Waals surface area contributed by atoms with Gasteiger partial charge in [-0.1, -0.05) is 37.8 Å². The SMILES string of the molecule is O=C(O)C1(Sc2ccccc2Br)CC2(CCCCCC2)C1. The fourth-order valence-electron chi connectivity index (χ4n) is 4.00. The molecule has 0 aromatic heterocycles. The van der Waals surface area contributed by atoms with Crippen LogP contribution < -0.4 is 0 Å². The molecule has 0 aliphatic heterocycles. The van der Waals surface area contributed by atoms with Crippen LogP contribution in [0.15, 0.2) is 33.6 Å². The molecule has 1 spiro atoms. The van der Waals surface area contributed by atoms with Gasteiger partial charge in [-0.25, -0.2) is 0 Å². The molecule has 0 bridgehead atoms. The van der Waals surface area contributed by atoms with E-state index >= 15 is 0 Å². The van der Waals surface area contributed by atoms with E-state index in [4.69, 9.17) is 0 Å². The number of hydrogen-bond acceptors (Lipinski definition) is 2. The van der Waals surface area contributed by atoms with Crippen LogP contribution in [0.1, 0.15) is 51.4 Å². The van der Waals surface area contributed by atoms with Crippen molar-refractivity contribution in [1.82, 2.24) is 0 Å². The van der Waals surface area contributed by atoms with Gasteiger partial charge in [0.25, 0.3) is 0 Å². The van der Waals surface area contributed by atoms with Crippen molar-refractivity contribution >= 4 is 33.7 Å². The van der Waals surface area contributed by atoms with Crippen LogP contribution in [0.5, 0.6) is 0 Å². The van der Waals surface area contributed by atoms with Crippen molar-refractivity contribution in [2.45, 2.75) is 61.0 Å². The van der Waals surface area contributed by atoms with Gasteiger partial charge in [-0.2, -0.15) is 0 Å². The zero-order valence-electron chi connectivity index (χ0n) is 12.1. The number of rotatable bonds is 3. The molecule has 0 radical (unpaired) electrons. The van der Waals surface area contributed by atoms with E-state index in [2.05, 4.69) is 15.9 Å². The van der Waals surface area contributed by atoms with E-state index < -0.39 is 10.7 Å². The number of carbonyl (C=O) groups is 1. The summed E-state index contributed by atoms with van der Waals surface area (Å²) in [6.45, 7) is 0. The molecule has 114 valence electrons. The molecule has 2 saturated carbocycles. The average Bonchev–Trinajstić information content (AvgIpc) is 2.66. The van der Waals surface area contributed by atoms with Crippen LogP contribution in [0.3, 0.4) is 0 Å². The maximum absolute atomic E-state index is 11.9. The van der Waals surface area contributed by atoms with Gasteiger partial charge in [0.2, 0.25) is 0 Å². The summed E-state index contributed by atoms with van der Waals surface area (Å²) in [5.74, 6) is -0.641. The van der Waals surface area contributed by atoms with Crippen molar-refractivity contribution in [2.24, 2.45) is 5.41 Å². The summed E-state index contributed by atoms with van der Waals surface area (Å²) in [4.78, 5) is 12.9. The summed E-state index contributed by atoms with van der Waals surface area (Å²) in [7, 11) is 0. The Hall–Kier alpha value is -0.480. The van der Waals surface area contributed by atoms with Crippen LogP contribution in [-0.4, -0.2) is 15.8 Å². The Kier molecular flexibility index (Phi) is 4.37. The molecule has 2 fully saturated rings. The van der Waals surface area contributed by atoms with Gasteiger partial charge >= 0.3 is 5.97 Å². The third kappa shape index (κ3) is 3.02. The maximum atomic E-state index is 11.9. The van der Waals surface area contributed by atoms with E-state index in [1.807, 2.05) is 24.3 Å². The van der Waals surface area contributed by atoms with E-state index in [-0.39, 0.29) is 0 Å². The average molecular weight is 369 g/mol. The van der Waals surface area contributed by atoms with E-state index in [0.717, 1.165) is 22.2 Å². The van der Waals surface area contributed by atoms with Crippen molar-refractivity contribution in [2.75, 3.05) is 0 Å². The number of benzene rings is 1. The third-order valence-corrected chi connectivity index (χ3v) is 7.40. The Morgan fingerprint density at radius 2 is 1.71 bits per heavy atom. The lowest BCUT2D eigenvalue weighted by Gasteiger charge is -2.53. The molecule has 21 heavy (non-hydrogen) atoms. The quantitative estimate of drug-likeness (QED) is 0.765. The summed E-state index contributed by atoms with van der Waals surface area (Å²) >= 11 is 5.08. The van der Waals surface area contributed by atoms with Crippen molar-refractivity contribution in [3.63, 3.8) is 0 Å². The smallest absolute Gasteiger partial charge is 0.320 e. The third-order valence-electron chi connectivity index (χ3n) is 5.02. The van der Waals surface area contributed by atoms with Gasteiger partial charge in [-0.15, -0.1) is 11.8 Å². The zero-order valence-corrected chi connectivity index (χ0v) is 14.5. The highest BCUT2D eigenvalue weighted by Gasteiger charge is 2.59. The molecule has 2 aliphatic carbocycles. The minimum atomic E-state index is -0.641. The summed E-state index contributed by atoms with van der Waals surface area (Å²) in [6.07, 6.45) is 9.29. The van der Waals surface area contributed by atoms with Crippen LogP contribution in [-0.2, 0) is 4.79 Å². The first kappa shape index (κ1) is 15.4. The predicted molar refractivity (Wildman–Crippen MR) is 89.7 cm³/mol. The number of carboxylic acid groups (broad SMARTS) is 1. The normalized spacial score (nSPS) is 23.3. The molecule has 3 rings (SSSR count). The van der Waals surface area contributed by atoms with Crippen molar-refractivity contribution < 1.29 is 9.90 Å². The summed E-state index contributed by atoms with van der Waals surface area (Å²) in [5.41, 5.74) is 0.309. The Morgan fingerprint density at radius 3 is 2.29 bits per heavy atom. The molecular weight excluding hydrogens is 348 g/mol. The molecule has 1 aromatic rings. The molecule has 0 saturated heterocycles. The molecule has 4 heteroatoms. The largest absolute Gasteiger partial charge is 0.480 e. The molecule has 0 atom stereocenters. The number of aliphatic carboxylic acids is 1. The van der Waals surface area contributed by atoms with Crippen LogP contribution in [0.25, 0.3) is 0 Å². The van der Waals surface area contributed by atoms with E-state index in [1.54, 1.807) is 11.8 Å². The topological polar surface area (TPSA) is 37.3 Å². The van der Waals surface area contributed by atoms with E-state index in [1.165, 1.54) is 38.5 Å². The maximum Gasteiger partial charge on any atom is 0.320 e. The molecule has 0 amide bonds. The molecule has 0 unspecified atom stereocenters. The van der Waals surface area contributed by atoms with Gasteiger partial charge in [-0.3, -0.25) is 4.79 Å². The van der Waals surface area contributed by atoms with Crippen molar-refractivity contribution in [3.05, 3.63) is 28.7 Å². The molecule has 1 aromatic carbocycles. The second-order valence-electron chi connectivity index (χ2n) is 6.60. The monoisotopic (exact) mass is 368 g/mol. The minimum absolute atomic E-state index is 0.309. The highest BCUT2D eigenvalue weighted by Crippen LogP contribution is 2.63. The molecule has 0 heterocycles. The highest BCUT2D eigenvalue weighted by molar-refractivity contribution is 9.10. The number of thioether (sulfide) groups is 1. The number of carboxylic acids is 1. The first-order valence-electron chi connectivity index (χ1n) is 7.72. The van der Waals surface area contributed by atoms with Crippen molar-refractivity contribution in [1.29, 1.82) is 0 Å². The van der Waals surface area contributed by atoms with Crippen LogP contribution in [0.4, 0.5) is 0 Å². The van der Waals surface area contributed by atoms with Gasteiger partial charge < -0.3 is 5.11 Å². The molecule has 2 aliphatic rings. The first-order valence-corrected chi connectivity index (χ1v) is 9.33. The van der Waals surface area contributed by atoms with Crippen LogP contribution in [0, 0.1) is 5.41 Å². The summed E-state index contributed by atoms with van der Waals surface area (Å²) in [6, 6.07) is 7.94. The Labute approximate surface area is 138 Å². The lowest BCUT2D eigenvalue weighted by molar-refractivity contribution is -0.147. The number of hydrogen-bond donors (Lipinski definition) is 1. The lowest BCUT2D eigenvalue weighted by Crippen LogP contribution is -2.54. The first-order chi connectivity index (χ1) is 10.1. The van der Waals surface area contributed by atoms with Crippen LogP contribution >= 0.6 is 27.7 Å². The predicted octanol–water partition coefficient (Wildman–Crippen LogP) is 5.50. The molecule has 1 N–H and O–H groups in total. The zero-order chi connectivity index (χ0) is 14.9. The van der Waals surface area contributed by atoms with Crippen LogP contribution in [0.2, 0.25) is 0 Å². The number of halogens is 1.